The Labute approximate surface area is 140 Å². The Bertz CT molecular complexity index is 570. The van der Waals surface area contributed by atoms with Crippen LogP contribution in [0, 0.1) is 10.1 Å². The molecule has 1 aliphatic heterocycles. The van der Waals surface area contributed by atoms with E-state index >= 15 is 0 Å². The van der Waals surface area contributed by atoms with Gasteiger partial charge in [0.25, 0.3) is 5.69 Å². The molecule has 0 radical (unpaired) electrons. The molecule has 24 heavy (non-hydrogen) atoms. The number of hydrogen-bond acceptors (Lipinski definition) is 8. The van der Waals surface area contributed by atoms with Crippen LogP contribution in [0.1, 0.15) is 12.0 Å². The highest BCUT2D eigenvalue weighted by atomic mass is 28.4. The van der Waals surface area contributed by atoms with Crippen molar-refractivity contribution in [1.29, 1.82) is 0 Å². The summed E-state index contributed by atoms with van der Waals surface area (Å²) in [5, 5.41) is 11.2. The lowest BCUT2D eigenvalue weighted by atomic mass is 10.1. The van der Waals surface area contributed by atoms with E-state index in [1.165, 1.54) is 6.07 Å². The van der Waals surface area contributed by atoms with Gasteiger partial charge in [-0.1, -0.05) is 0 Å². The Morgan fingerprint density at radius 3 is 2.38 bits per heavy atom. The standard InChI is InChI=1S/C14H21NO8Si/c1-18-24(19-2,20-3)6-4-5-21-9-11-7-13-14(23-10-22-13)8-12(11)15(16)17/h7-8H,4-6,9-10H2,1-3H3. The zero-order chi connectivity index (χ0) is 17.6. The van der Waals surface area contributed by atoms with Crippen molar-refractivity contribution in [3.05, 3.63) is 27.8 Å². The lowest BCUT2D eigenvalue weighted by Crippen LogP contribution is -2.42. The van der Waals surface area contributed by atoms with Crippen LogP contribution in [0.5, 0.6) is 11.5 Å². The number of benzene rings is 1. The number of rotatable bonds is 10. The molecule has 0 aromatic heterocycles. The minimum absolute atomic E-state index is 0.0475. The van der Waals surface area contributed by atoms with Gasteiger partial charge in [0.05, 0.1) is 23.2 Å². The molecule has 2 rings (SSSR count). The summed E-state index contributed by atoms with van der Waals surface area (Å²) >= 11 is 0. The van der Waals surface area contributed by atoms with E-state index in [0.717, 1.165) is 0 Å². The summed E-state index contributed by atoms with van der Waals surface area (Å²) in [6.07, 6.45) is 0.653. The Morgan fingerprint density at radius 2 is 1.79 bits per heavy atom. The Hall–Kier alpha value is -1.72. The second-order valence-electron chi connectivity index (χ2n) is 5.04. The number of nitro benzene ring substituents is 1. The maximum Gasteiger partial charge on any atom is 0.500 e. The molecule has 0 unspecified atom stereocenters. The van der Waals surface area contributed by atoms with Gasteiger partial charge in [-0.2, -0.15) is 0 Å². The molecule has 0 spiro atoms. The van der Waals surface area contributed by atoms with Crippen molar-refractivity contribution in [2.45, 2.75) is 19.1 Å². The molecule has 0 fully saturated rings. The molecule has 1 aliphatic rings. The second-order valence-corrected chi connectivity index (χ2v) is 8.13. The first-order chi connectivity index (χ1) is 11.5. The molecule has 0 aliphatic carbocycles. The van der Waals surface area contributed by atoms with Crippen LogP contribution in [0.4, 0.5) is 5.69 Å². The molecule has 10 heteroatoms. The van der Waals surface area contributed by atoms with Crippen molar-refractivity contribution in [3.63, 3.8) is 0 Å². The molecule has 0 amide bonds. The summed E-state index contributed by atoms with van der Waals surface area (Å²) in [6, 6.07) is 3.54. The predicted octanol–water partition coefficient (Wildman–Crippen LogP) is 2.11. The van der Waals surface area contributed by atoms with E-state index in [9.17, 15) is 10.1 Å². The average molecular weight is 359 g/mol. The Balaban J connectivity index is 1.89. The number of nitro groups is 1. The smallest absolute Gasteiger partial charge is 0.454 e. The van der Waals surface area contributed by atoms with Crippen molar-refractivity contribution in [1.82, 2.24) is 0 Å². The van der Waals surface area contributed by atoms with Crippen LogP contribution in [0.25, 0.3) is 0 Å². The highest BCUT2D eigenvalue weighted by molar-refractivity contribution is 6.60. The second kappa shape index (κ2) is 8.40. The number of fused-ring (bicyclic) bond motifs is 1. The van der Waals surface area contributed by atoms with Crippen LogP contribution in [0.2, 0.25) is 6.04 Å². The molecule has 0 saturated heterocycles. The lowest BCUT2D eigenvalue weighted by molar-refractivity contribution is -0.386. The van der Waals surface area contributed by atoms with Gasteiger partial charge in [-0.05, 0) is 12.5 Å². The average Bonchev–Trinajstić information content (AvgIpc) is 3.05. The fraction of sp³-hybridized carbons (Fsp3) is 0.571. The summed E-state index contributed by atoms with van der Waals surface area (Å²) in [4.78, 5) is 10.7. The van der Waals surface area contributed by atoms with Crippen LogP contribution in [-0.4, -0.2) is 48.5 Å². The highest BCUT2D eigenvalue weighted by Crippen LogP contribution is 2.38. The van der Waals surface area contributed by atoms with E-state index in [1.54, 1.807) is 27.4 Å². The van der Waals surface area contributed by atoms with Gasteiger partial charge in [0, 0.05) is 34.0 Å². The van der Waals surface area contributed by atoms with Crippen molar-refractivity contribution in [2.24, 2.45) is 0 Å². The summed E-state index contributed by atoms with van der Waals surface area (Å²) in [5.41, 5.74) is 0.395. The lowest BCUT2D eigenvalue weighted by Gasteiger charge is -2.24. The van der Waals surface area contributed by atoms with Gasteiger partial charge in [0.1, 0.15) is 0 Å². The molecule has 0 atom stereocenters. The molecular formula is C14H21NO8Si. The minimum Gasteiger partial charge on any atom is -0.454 e. The first-order valence-electron chi connectivity index (χ1n) is 7.35. The van der Waals surface area contributed by atoms with E-state index in [2.05, 4.69) is 0 Å². The van der Waals surface area contributed by atoms with Gasteiger partial charge in [0.2, 0.25) is 6.79 Å². The first-order valence-corrected chi connectivity index (χ1v) is 9.28. The molecular weight excluding hydrogens is 338 g/mol. The maximum atomic E-state index is 11.2. The molecule has 1 aromatic carbocycles. The van der Waals surface area contributed by atoms with Gasteiger partial charge < -0.3 is 27.5 Å². The first kappa shape index (κ1) is 18.6. The summed E-state index contributed by atoms with van der Waals surface area (Å²) in [5.74, 6) is 0.866. The van der Waals surface area contributed by atoms with Gasteiger partial charge >= 0.3 is 8.80 Å². The van der Waals surface area contributed by atoms with E-state index in [4.69, 9.17) is 27.5 Å². The fourth-order valence-electron chi connectivity index (χ4n) is 2.39. The van der Waals surface area contributed by atoms with Gasteiger partial charge in [-0.15, -0.1) is 0 Å². The van der Waals surface area contributed by atoms with Gasteiger partial charge in [-0.3, -0.25) is 10.1 Å². The maximum absolute atomic E-state index is 11.2. The van der Waals surface area contributed by atoms with Gasteiger partial charge in [-0.25, -0.2) is 0 Å². The Kier molecular flexibility index (Phi) is 6.51. The third kappa shape index (κ3) is 4.22. The van der Waals surface area contributed by atoms with Crippen LogP contribution >= 0.6 is 0 Å². The molecule has 1 heterocycles. The number of ether oxygens (including phenoxy) is 3. The Morgan fingerprint density at radius 1 is 1.17 bits per heavy atom. The monoisotopic (exact) mass is 359 g/mol. The van der Waals surface area contributed by atoms with Crippen molar-refractivity contribution < 1.29 is 32.4 Å². The predicted molar refractivity (Wildman–Crippen MR) is 85.1 cm³/mol. The summed E-state index contributed by atoms with van der Waals surface area (Å²) in [7, 11) is 2.04. The number of hydrogen-bond donors (Lipinski definition) is 0. The van der Waals surface area contributed by atoms with Crippen molar-refractivity contribution in [3.8, 4) is 11.5 Å². The third-order valence-electron chi connectivity index (χ3n) is 3.73. The molecule has 0 bridgehead atoms. The van der Waals surface area contributed by atoms with Crippen LogP contribution in [-0.2, 0) is 24.6 Å². The SMILES string of the molecule is CO[Si](CCCOCc1cc2c(cc1[N+](=O)[O-])OCO2)(OC)OC. The zero-order valence-electron chi connectivity index (χ0n) is 13.9. The van der Waals surface area contributed by atoms with E-state index in [0.29, 0.717) is 36.1 Å². The van der Waals surface area contributed by atoms with E-state index < -0.39 is 13.7 Å². The van der Waals surface area contributed by atoms with Crippen LogP contribution < -0.4 is 9.47 Å². The normalized spacial score (nSPS) is 13.3. The van der Waals surface area contributed by atoms with E-state index in [-0.39, 0.29) is 19.1 Å². The van der Waals surface area contributed by atoms with Crippen LogP contribution in [0.3, 0.4) is 0 Å². The van der Waals surface area contributed by atoms with Gasteiger partial charge in [0.15, 0.2) is 11.5 Å². The summed E-state index contributed by atoms with van der Waals surface area (Å²) < 4.78 is 31.9. The largest absolute Gasteiger partial charge is 0.500 e. The summed E-state index contributed by atoms with van der Waals surface area (Å²) in [6.45, 7) is 0.569. The molecule has 134 valence electrons. The zero-order valence-corrected chi connectivity index (χ0v) is 14.9. The van der Waals surface area contributed by atoms with Crippen molar-refractivity contribution in [2.75, 3.05) is 34.7 Å². The quantitative estimate of drug-likeness (QED) is 0.271. The van der Waals surface area contributed by atoms with Crippen molar-refractivity contribution >= 4 is 14.5 Å². The minimum atomic E-state index is -2.61. The van der Waals surface area contributed by atoms with E-state index in [1.807, 2.05) is 0 Å². The molecule has 0 N–H and O–H groups in total. The highest BCUT2D eigenvalue weighted by Gasteiger charge is 2.36. The molecule has 0 saturated carbocycles. The molecule has 9 nitrogen and oxygen atoms in total. The molecule has 1 aromatic rings. The number of nitrogens with zero attached hydrogens (tertiary/aromatic N) is 1. The topological polar surface area (TPSA) is 98.5 Å². The fourth-order valence-corrected chi connectivity index (χ4v) is 4.08. The van der Waals surface area contributed by atoms with Crippen LogP contribution in [0.15, 0.2) is 12.1 Å². The third-order valence-corrected chi connectivity index (χ3v) is 6.56.